The summed E-state index contributed by atoms with van der Waals surface area (Å²) in [5.41, 5.74) is 9.06. The van der Waals surface area contributed by atoms with Crippen LogP contribution < -0.4 is 5.56 Å². The zero-order chi connectivity index (χ0) is 16.4. The fourth-order valence-electron chi connectivity index (χ4n) is 2.59. The second-order valence-corrected chi connectivity index (χ2v) is 6.04. The van der Waals surface area contributed by atoms with E-state index in [4.69, 9.17) is 10.3 Å². The standard InChI is InChI=1S/C13H14N6O3S/c1-2-22-13(21)19-4-3-7-8(6-19)23-12-10(7)11(20)16-9(17-12)5-15-18-14/h2-6H2,1H3,(H,16,17,20). The summed E-state index contributed by atoms with van der Waals surface area (Å²) < 4.78 is 5.02. The minimum atomic E-state index is -0.346. The molecule has 1 aliphatic rings. The minimum Gasteiger partial charge on any atom is -0.450 e. The lowest BCUT2D eigenvalue weighted by Crippen LogP contribution is -2.35. The first kappa shape index (κ1) is 15.3. The van der Waals surface area contributed by atoms with Gasteiger partial charge in [-0.2, -0.15) is 0 Å². The molecule has 1 amide bonds. The molecule has 120 valence electrons. The zero-order valence-electron chi connectivity index (χ0n) is 12.4. The summed E-state index contributed by atoms with van der Waals surface area (Å²) in [4.78, 5) is 36.9. The van der Waals surface area contributed by atoms with E-state index in [0.717, 1.165) is 10.4 Å². The third-order valence-electron chi connectivity index (χ3n) is 3.57. The van der Waals surface area contributed by atoms with Crippen LogP contribution in [0.4, 0.5) is 4.79 Å². The van der Waals surface area contributed by atoms with Crippen LogP contribution >= 0.6 is 11.3 Å². The number of aromatic nitrogens is 2. The number of fused-ring (bicyclic) bond motifs is 3. The number of hydrogen-bond donors (Lipinski definition) is 1. The molecule has 1 aliphatic heterocycles. The van der Waals surface area contributed by atoms with Crippen molar-refractivity contribution in [2.45, 2.75) is 26.4 Å². The summed E-state index contributed by atoms with van der Waals surface area (Å²) in [6, 6.07) is 0. The Labute approximate surface area is 134 Å². The number of azide groups is 1. The van der Waals surface area contributed by atoms with Gasteiger partial charge in [0, 0.05) is 16.3 Å². The van der Waals surface area contributed by atoms with Gasteiger partial charge in [0.1, 0.15) is 10.7 Å². The Balaban J connectivity index is 1.98. The van der Waals surface area contributed by atoms with Gasteiger partial charge in [-0.05, 0) is 24.4 Å². The average Bonchev–Trinajstić information content (AvgIpc) is 2.90. The van der Waals surface area contributed by atoms with Gasteiger partial charge in [0.25, 0.3) is 5.56 Å². The van der Waals surface area contributed by atoms with Gasteiger partial charge in [-0.25, -0.2) is 9.78 Å². The molecule has 3 heterocycles. The smallest absolute Gasteiger partial charge is 0.410 e. The van der Waals surface area contributed by atoms with Crippen molar-refractivity contribution in [3.63, 3.8) is 0 Å². The van der Waals surface area contributed by atoms with Gasteiger partial charge in [-0.15, -0.1) is 11.3 Å². The molecular formula is C13H14N6O3S. The van der Waals surface area contributed by atoms with E-state index in [9.17, 15) is 9.59 Å². The van der Waals surface area contributed by atoms with Crippen LogP contribution in [-0.4, -0.2) is 34.1 Å². The molecule has 0 atom stereocenters. The second-order valence-electron chi connectivity index (χ2n) is 4.96. The predicted octanol–water partition coefficient (Wildman–Crippen LogP) is 2.31. The van der Waals surface area contributed by atoms with E-state index in [-0.39, 0.29) is 18.2 Å². The van der Waals surface area contributed by atoms with E-state index in [2.05, 4.69) is 20.0 Å². The Bertz CT molecular complexity index is 866. The van der Waals surface area contributed by atoms with Gasteiger partial charge in [0.05, 0.1) is 25.1 Å². The van der Waals surface area contributed by atoms with Crippen molar-refractivity contribution in [2.75, 3.05) is 13.2 Å². The molecule has 10 heteroatoms. The molecule has 0 radical (unpaired) electrons. The van der Waals surface area contributed by atoms with Gasteiger partial charge >= 0.3 is 6.09 Å². The Kier molecular flexibility index (Phi) is 4.18. The Hall–Kier alpha value is -2.58. The van der Waals surface area contributed by atoms with Crippen molar-refractivity contribution in [2.24, 2.45) is 5.11 Å². The number of aromatic amines is 1. The van der Waals surface area contributed by atoms with Gasteiger partial charge in [0.2, 0.25) is 0 Å². The highest BCUT2D eigenvalue weighted by molar-refractivity contribution is 7.18. The fourth-order valence-corrected chi connectivity index (χ4v) is 3.85. The molecule has 2 aromatic heterocycles. The minimum absolute atomic E-state index is 0.000796. The van der Waals surface area contributed by atoms with Crippen LogP contribution in [0, 0.1) is 0 Å². The maximum Gasteiger partial charge on any atom is 0.410 e. The highest BCUT2D eigenvalue weighted by Crippen LogP contribution is 2.32. The normalized spacial score (nSPS) is 13.5. The van der Waals surface area contributed by atoms with Crippen LogP contribution in [0.3, 0.4) is 0 Å². The number of carbonyl (C=O) groups is 1. The second kappa shape index (κ2) is 6.27. The Morgan fingerprint density at radius 2 is 2.43 bits per heavy atom. The summed E-state index contributed by atoms with van der Waals surface area (Å²) in [7, 11) is 0. The van der Waals surface area contributed by atoms with Crippen LogP contribution in [0.15, 0.2) is 9.91 Å². The predicted molar refractivity (Wildman–Crippen MR) is 84.2 cm³/mol. The van der Waals surface area contributed by atoms with E-state index in [1.165, 1.54) is 11.3 Å². The third kappa shape index (κ3) is 2.86. The molecule has 0 bridgehead atoms. The lowest BCUT2D eigenvalue weighted by atomic mass is 10.1. The van der Waals surface area contributed by atoms with Gasteiger partial charge < -0.3 is 14.6 Å². The quantitative estimate of drug-likeness (QED) is 0.525. The number of nitrogens with one attached hydrogen (secondary N) is 1. The zero-order valence-corrected chi connectivity index (χ0v) is 13.2. The van der Waals surface area contributed by atoms with E-state index in [0.29, 0.717) is 42.2 Å². The monoisotopic (exact) mass is 334 g/mol. The Morgan fingerprint density at radius 3 is 3.17 bits per heavy atom. The van der Waals surface area contributed by atoms with Crippen LogP contribution in [-0.2, 0) is 24.2 Å². The van der Waals surface area contributed by atoms with Gasteiger partial charge in [0.15, 0.2) is 0 Å². The largest absolute Gasteiger partial charge is 0.450 e. The van der Waals surface area contributed by atoms with Crippen LogP contribution in [0.1, 0.15) is 23.2 Å². The van der Waals surface area contributed by atoms with Gasteiger partial charge in [-0.1, -0.05) is 5.11 Å². The number of H-pyrrole nitrogens is 1. The van der Waals surface area contributed by atoms with E-state index >= 15 is 0 Å². The molecular weight excluding hydrogens is 320 g/mol. The summed E-state index contributed by atoms with van der Waals surface area (Å²) in [6.45, 7) is 3.02. The molecule has 0 aliphatic carbocycles. The number of rotatable bonds is 3. The third-order valence-corrected chi connectivity index (χ3v) is 4.68. The molecule has 0 unspecified atom stereocenters. The molecule has 0 saturated carbocycles. The van der Waals surface area contributed by atoms with Crippen molar-refractivity contribution < 1.29 is 9.53 Å². The molecule has 2 aromatic rings. The van der Waals surface area contributed by atoms with Crippen molar-refractivity contribution in [3.8, 4) is 0 Å². The highest BCUT2D eigenvalue weighted by Gasteiger charge is 2.26. The molecule has 23 heavy (non-hydrogen) atoms. The summed E-state index contributed by atoms with van der Waals surface area (Å²) in [5.74, 6) is 0.334. The number of ether oxygens (including phenoxy) is 1. The first-order chi connectivity index (χ1) is 11.1. The summed E-state index contributed by atoms with van der Waals surface area (Å²) >= 11 is 1.39. The van der Waals surface area contributed by atoms with Crippen LogP contribution in [0.5, 0.6) is 0 Å². The van der Waals surface area contributed by atoms with Gasteiger partial charge in [-0.3, -0.25) is 4.79 Å². The maximum absolute atomic E-state index is 12.3. The van der Waals surface area contributed by atoms with E-state index in [1.807, 2.05) is 0 Å². The van der Waals surface area contributed by atoms with Crippen LogP contribution in [0.2, 0.25) is 0 Å². The van der Waals surface area contributed by atoms with Crippen molar-refractivity contribution in [1.82, 2.24) is 14.9 Å². The van der Waals surface area contributed by atoms with Crippen molar-refractivity contribution in [1.29, 1.82) is 0 Å². The van der Waals surface area contributed by atoms with Crippen molar-refractivity contribution >= 4 is 27.6 Å². The molecule has 0 aromatic carbocycles. The molecule has 3 rings (SSSR count). The SMILES string of the molecule is CCOC(=O)N1CCc2c(sc3nc(CN=[N+]=[N-])[nH]c(=O)c23)C1. The van der Waals surface area contributed by atoms with E-state index < -0.39 is 0 Å². The first-order valence-corrected chi connectivity index (χ1v) is 7.91. The number of thiophene rings is 1. The fraction of sp³-hybridized carbons (Fsp3) is 0.462. The topological polar surface area (TPSA) is 124 Å². The number of hydrogen-bond acceptors (Lipinski definition) is 6. The highest BCUT2D eigenvalue weighted by atomic mass is 32.1. The molecule has 0 spiro atoms. The average molecular weight is 334 g/mol. The van der Waals surface area contributed by atoms with Crippen molar-refractivity contribution in [3.05, 3.63) is 37.1 Å². The summed E-state index contributed by atoms with van der Waals surface area (Å²) in [6.07, 6.45) is 0.246. The number of nitrogens with zero attached hydrogens (tertiary/aromatic N) is 5. The van der Waals surface area contributed by atoms with E-state index in [1.54, 1.807) is 11.8 Å². The van der Waals surface area contributed by atoms with Crippen LogP contribution in [0.25, 0.3) is 20.7 Å². The first-order valence-electron chi connectivity index (χ1n) is 7.10. The maximum atomic E-state index is 12.3. The number of amides is 1. The lowest BCUT2D eigenvalue weighted by molar-refractivity contribution is 0.103. The molecule has 0 fully saturated rings. The molecule has 9 nitrogen and oxygen atoms in total. The molecule has 0 saturated heterocycles. The molecule has 1 N–H and O–H groups in total. The lowest BCUT2D eigenvalue weighted by Gasteiger charge is -2.25. The summed E-state index contributed by atoms with van der Waals surface area (Å²) in [5, 5.41) is 3.98. The Morgan fingerprint density at radius 1 is 1.61 bits per heavy atom. The number of carbonyl (C=O) groups excluding carboxylic acids is 1.